The largest absolute Gasteiger partial charge is 0.508 e. The van der Waals surface area contributed by atoms with Crippen LogP contribution in [-0.2, 0) is 16.1 Å². The van der Waals surface area contributed by atoms with Crippen LogP contribution in [-0.4, -0.2) is 31.8 Å². The lowest BCUT2D eigenvalue weighted by Gasteiger charge is -2.25. The van der Waals surface area contributed by atoms with E-state index < -0.39 is 23.5 Å². The van der Waals surface area contributed by atoms with Gasteiger partial charge in [0.05, 0.1) is 11.6 Å². The van der Waals surface area contributed by atoms with Crippen LogP contribution in [0.15, 0.2) is 78.6 Å². The Morgan fingerprint density at radius 1 is 0.967 bits per heavy atom. The lowest BCUT2D eigenvalue weighted by Crippen LogP contribution is -2.29. The summed E-state index contributed by atoms with van der Waals surface area (Å²) >= 11 is 0. The van der Waals surface area contributed by atoms with Crippen molar-refractivity contribution in [3.8, 4) is 5.75 Å². The Hall–Kier alpha value is -4.00. The first-order valence-corrected chi connectivity index (χ1v) is 9.18. The number of halogens is 1. The van der Waals surface area contributed by atoms with Gasteiger partial charge < -0.3 is 15.1 Å². The molecule has 0 aliphatic carbocycles. The molecule has 1 aliphatic heterocycles. The van der Waals surface area contributed by atoms with Crippen molar-refractivity contribution < 1.29 is 24.2 Å². The van der Waals surface area contributed by atoms with E-state index in [0.29, 0.717) is 16.7 Å². The average molecular weight is 404 g/mol. The highest BCUT2D eigenvalue weighted by Crippen LogP contribution is 2.40. The van der Waals surface area contributed by atoms with E-state index in [1.165, 1.54) is 65.8 Å². The number of Topliss-reactive ketones (excluding diaryl/α,β-unsaturated/α-hetero) is 1. The van der Waals surface area contributed by atoms with Gasteiger partial charge in [-0.05, 0) is 47.5 Å². The molecule has 0 saturated carbocycles. The maximum absolute atomic E-state index is 13.3. The number of aliphatic hydroxyl groups is 1. The van der Waals surface area contributed by atoms with Crippen LogP contribution in [0.5, 0.6) is 5.75 Å². The molecule has 1 atom stereocenters. The van der Waals surface area contributed by atoms with Gasteiger partial charge in [0, 0.05) is 24.5 Å². The number of nitrogens with zero attached hydrogens (tertiary/aromatic N) is 2. The number of phenols is 1. The number of amides is 1. The molecule has 2 N–H and O–H groups in total. The molecule has 3 aromatic rings. The molecule has 0 spiro atoms. The molecule has 6 nitrogen and oxygen atoms in total. The van der Waals surface area contributed by atoms with Crippen molar-refractivity contribution in [3.05, 3.63) is 101 Å². The average Bonchev–Trinajstić information content (AvgIpc) is 3.01. The fourth-order valence-electron chi connectivity index (χ4n) is 3.50. The van der Waals surface area contributed by atoms with Crippen molar-refractivity contribution in [2.24, 2.45) is 0 Å². The van der Waals surface area contributed by atoms with Gasteiger partial charge in [-0.15, -0.1) is 0 Å². The number of carbonyl (C=O) groups is 2. The van der Waals surface area contributed by atoms with Gasteiger partial charge in [0.2, 0.25) is 0 Å². The van der Waals surface area contributed by atoms with Gasteiger partial charge in [-0.1, -0.05) is 24.3 Å². The number of aromatic hydroxyl groups is 1. The summed E-state index contributed by atoms with van der Waals surface area (Å²) in [5.74, 6) is -2.27. The van der Waals surface area contributed by atoms with Gasteiger partial charge in [0.1, 0.15) is 17.3 Å². The Morgan fingerprint density at radius 3 is 2.23 bits per heavy atom. The molecule has 1 amide bonds. The van der Waals surface area contributed by atoms with E-state index in [1.807, 2.05) is 0 Å². The number of aliphatic hydroxyl groups excluding tert-OH is 1. The molecule has 4 rings (SSSR count). The first-order valence-electron chi connectivity index (χ1n) is 9.18. The third-order valence-corrected chi connectivity index (χ3v) is 4.97. The molecule has 7 heteroatoms. The van der Waals surface area contributed by atoms with Crippen LogP contribution in [0.4, 0.5) is 4.39 Å². The molecule has 1 aromatic heterocycles. The quantitative estimate of drug-likeness (QED) is 0.394. The number of hydrogen-bond donors (Lipinski definition) is 2. The Kier molecular flexibility index (Phi) is 5.02. The van der Waals surface area contributed by atoms with Crippen molar-refractivity contribution in [1.82, 2.24) is 9.88 Å². The zero-order valence-corrected chi connectivity index (χ0v) is 15.7. The normalized spacial score (nSPS) is 18.0. The number of benzene rings is 2. The minimum absolute atomic E-state index is 0.0309. The van der Waals surface area contributed by atoms with E-state index in [2.05, 4.69) is 4.98 Å². The Morgan fingerprint density at radius 2 is 1.60 bits per heavy atom. The topological polar surface area (TPSA) is 90.7 Å². The number of ketones is 1. The van der Waals surface area contributed by atoms with E-state index >= 15 is 0 Å². The molecule has 0 bridgehead atoms. The lowest BCUT2D eigenvalue weighted by molar-refractivity contribution is -0.140. The summed E-state index contributed by atoms with van der Waals surface area (Å²) in [6, 6.07) is 13.9. The van der Waals surface area contributed by atoms with E-state index in [0.717, 1.165) is 0 Å². The van der Waals surface area contributed by atoms with Gasteiger partial charge in [-0.2, -0.15) is 0 Å². The lowest BCUT2D eigenvalue weighted by atomic mass is 9.95. The predicted molar refractivity (Wildman–Crippen MR) is 107 cm³/mol. The van der Waals surface area contributed by atoms with Gasteiger partial charge in [0.25, 0.3) is 11.7 Å². The van der Waals surface area contributed by atoms with Crippen LogP contribution in [0.25, 0.3) is 5.76 Å². The maximum atomic E-state index is 13.3. The maximum Gasteiger partial charge on any atom is 0.295 e. The minimum Gasteiger partial charge on any atom is -0.508 e. The summed E-state index contributed by atoms with van der Waals surface area (Å²) in [6.07, 6.45) is 2.94. The highest BCUT2D eigenvalue weighted by atomic mass is 19.1. The molecule has 1 fully saturated rings. The van der Waals surface area contributed by atoms with Gasteiger partial charge in [0.15, 0.2) is 0 Å². The SMILES string of the molecule is O=C1C(=O)N(Cc2ccc(F)cc2)C(c2ccc(O)cc2)/C1=C(/O)c1ccncc1. The summed E-state index contributed by atoms with van der Waals surface area (Å²) in [4.78, 5) is 31.0. The molecule has 1 saturated heterocycles. The minimum atomic E-state index is -0.871. The van der Waals surface area contributed by atoms with Crippen molar-refractivity contribution in [2.75, 3.05) is 0 Å². The van der Waals surface area contributed by atoms with E-state index in [1.54, 1.807) is 12.1 Å². The zero-order valence-electron chi connectivity index (χ0n) is 15.7. The molecule has 1 aliphatic rings. The summed E-state index contributed by atoms with van der Waals surface area (Å²) in [5, 5.41) is 20.5. The second-order valence-corrected chi connectivity index (χ2v) is 6.88. The summed E-state index contributed by atoms with van der Waals surface area (Å²) in [5.41, 5.74) is 1.48. The molecule has 2 aromatic carbocycles. The smallest absolute Gasteiger partial charge is 0.295 e. The van der Waals surface area contributed by atoms with Crippen LogP contribution in [0, 0.1) is 5.82 Å². The van der Waals surface area contributed by atoms with Crippen LogP contribution in [0.2, 0.25) is 0 Å². The number of phenolic OH excluding ortho intramolecular Hbond substituents is 1. The monoisotopic (exact) mass is 404 g/mol. The molecule has 150 valence electrons. The molecule has 0 radical (unpaired) electrons. The highest BCUT2D eigenvalue weighted by molar-refractivity contribution is 6.46. The summed E-state index contributed by atoms with van der Waals surface area (Å²) < 4.78 is 13.3. The Labute approximate surface area is 171 Å². The molecular weight excluding hydrogens is 387 g/mol. The van der Waals surface area contributed by atoms with Crippen molar-refractivity contribution in [3.63, 3.8) is 0 Å². The summed E-state index contributed by atoms with van der Waals surface area (Å²) in [6.45, 7) is 0.0452. The van der Waals surface area contributed by atoms with E-state index in [9.17, 15) is 24.2 Å². The molecule has 2 heterocycles. The highest BCUT2D eigenvalue weighted by Gasteiger charge is 2.46. The number of likely N-dealkylation sites (tertiary alicyclic amines) is 1. The van der Waals surface area contributed by atoms with Crippen molar-refractivity contribution >= 4 is 17.4 Å². The second kappa shape index (κ2) is 7.79. The van der Waals surface area contributed by atoms with E-state index in [4.69, 9.17) is 0 Å². The van der Waals surface area contributed by atoms with Gasteiger partial charge in [-0.3, -0.25) is 14.6 Å². The van der Waals surface area contributed by atoms with E-state index in [-0.39, 0.29) is 23.6 Å². The standard InChI is InChI=1S/C23H17FN2O4/c24-17-5-1-14(2-6-17)13-26-20(15-3-7-18(27)8-4-15)19(22(29)23(26)30)21(28)16-9-11-25-12-10-16/h1-12,20,27-28H,13H2/b21-19-. The Bertz CT molecular complexity index is 1130. The third kappa shape index (κ3) is 3.53. The van der Waals surface area contributed by atoms with Crippen LogP contribution in [0.3, 0.4) is 0 Å². The number of hydrogen-bond acceptors (Lipinski definition) is 5. The number of aromatic nitrogens is 1. The predicted octanol–water partition coefficient (Wildman–Crippen LogP) is 3.55. The van der Waals surface area contributed by atoms with Gasteiger partial charge in [-0.25, -0.2) is 4.39 Å². The Balaban J connectivity index is 1.84. The number of carbonyl (C=O) groups excluding carboxylic acids is 2. The van der Waals surface area contributed by atoms with Gasteiger partial charge >= 0.3 is 0 Å². The molecular formula is C23H17FN2O4. The second-order valence-electron chi connectivity index (χ2n) is 6.88. The fourth-order valence-corrected chi connectivity index (χ4v) is 3.50. The molecule has 1 unspecified atom stereocenters. The molecule has 30 heavy (non-hydrogen) atoms. The zero-order chi connectivity index (χ0) is 21.3. The van der Waals surface area contributed by atoms with Crippen LogP contribution >= 0.6 is 0 Å². The first kappa shape index (κ1) is 19.3. The number of rotatable bonds is 4. The van der Waals surface area contributed by atoms with Crippen molar-refractivity contribution in [2.45, 2.75) is 12.6 Å². The van der Waals surface area contributed by atoms with Crippen molar-refractivity contribution in [1.29, 1.82) is 0 Å². The van der Waals surface area contributed by atoms with Crippen LogP contribution in [0.1, 0.15) is 22.7 Å². The fraction of sp³-hybridized carbons (Fsp3) is 0.0870. The summed E-state index contributed by atoms with van der Waals surface area (Å²) in [7, 11) is 0. The number of pyridine rings is 1. The third-order valence-electron chi connectivity index (χ3n) is 4.97. The van der Waals surface area contributed by atoms with Crippen LogP contribution < -0.4 is 0 Å². The first-order chi connectivity index (χ1) is 14.5.